The van der Waals surface area contributed by atoms with Gasteiger partial charge in [-0.3, -0.25) is 9.69 Å². The molecule has 0 aliphatic rings. The smallest absolute Gasteiger partial charge is 0.238 e. The van der Waals surface area contributed by atoms with Gasteiger partial charge >= 0.3 is 0 Å². The molecule has 0 aliphatic carbocycles. The van der Waals surface area contributed by atoms with Crippen molar-refractivity contribution in [2.75, 3.05) is 18.9 Å². The summed E-state index contributed by atoms with van der Waals surface area (Å²) in [5, 5.41) is 7.07. The normalized spacial score (nSPS) is 12.2. The van der Waals surface area contributed by atoms with Crippen LogP contribution >= 0.6 is 15.9 Å². The predicted octanol–water partition coefficient (Wildman–Crippen LogP) is 3.97. The van der Waals surface area contributed by atoms with Gasteiger partial charge in [-0.05, 0) is 56.3 Å². The number of rotatable bonds is 6. The average Bonchev–Trinajstić information content (AvgIpc) is 3.19. The third-order valence-corrected chi connectivity index (χ3v) is 5.42. The van der Waals surface area contributed by atoms with Gasteiger partial charge in [-0.15, -0.1) is 0 Å². The summed E-state index contributed by atoms with van der Waals surface area (Å²) >= 11 is 3.49. The van der Waals surface area contributed by atoms with Crippen LogP contribution in [0.5, 0.6) is 0 Å². The van der Waals surface area contributed by atoms with Crippen LogP contribution in [0.4, 0.5) is 5.69 Å². The summed E-state index contributed by atoms with van der Waals surface area (Å²) in [6.45, 7) is 4.40. The molecule has 6 nitrogen and oxygen atoms in total. The molecule has 140 valence electrons. The maximum atomic E-state index is 12.4. The summed E-state index contributed by atoms with van der Waals surface area (Å²) in [5.41, 5.74) is 4.00. The number of hydrogen-bond acceptors (Lipinski definition) is 4. The molecule has 27 heavy (non-hydrogen) atoms. The third kappa shape index (κ3) is 4.81. The number of anilines is 1. The largest absolute Gasteiger partial charge is 0.325 e. The number of aromatic nitrogens is 3. The van der Waals surface area contributed by atoms with Crippen LogP contribution in [-0.2, 0) is 4.79 Å². The summed E-state index contributed by atoms with van der Waals surface area (Å²) in [6, 6.07) is 14.0. The fourth-order valence-electron chi connectivity index (χ4n) is 2.74. The molecule has 1 N–H and O–H groups in total. The zero-order valence-corrected chi connectivity index (χ0v) is 17.1. The number of nitrogens with one attached hydrogen (secondary N) is 1. The second-order valence-electron chi connectivity index (χ2n) is 6.53. The molecule has 1 amide bonds. The minimum atomic E-state index is -0.0423. The highest BCUT2D eigenvalue weighted by Gasteiger charge is 2.15. The molecule has 0 spiro atoms. The number of nitrogens with zero attached hydrogens (tertiary/aromatic N) is 4. The second kappa shape index (κ2) is 8.45. The van der Waals surface area contributed by atoms with Crippen molar-refractivity contribution in [2.24, 2.45) is 0 Å². The van der Waals surface area contributed by atoms with Crippen molar-refractivity contribution in [1.82, 2.24) is 19.7 Å². The number of hydrogen-bond donors (Lipinski definition) is 1. The quantitative estimate of drug-likeness (QED) is 0.646. The Bertz CT molecular complexity index is 909. The Morgan fingerprint density at radius 3 is 2.63 bits per heavy atom. The van der Waals surface area contributed by atoms with Gasteiger partial charge in [0.2, 0.25) is 5.91 Å². The molecule has 2 aromatic carbocycles. The fraction of sp³-hybridized carbons (Fsp3) is 0.250. The minimum Gasteiger partial charge on any atom is -0.325 e. The van der Waals surface area contributed by atoms with E-state index in [1.165, 1.54) is 6.33 Å². The predicted molar refractivity (Wildman–Crippen MR) is 110 cm³/mol. The molecule has 0 unspecified atom stereocenters. The number of amides is 1. The molecule has 0 fully saturated rings. The van der Waals surface area contributed by atoms with Crippen molar-refractivity contribution in [3.63, 3.8) is 0 Å². The molecule has 0 saturated carbocycles. The topological polar surface area (TPSA) is 63.1 Å². The Morgan fingerprint density at radius 2 is 2.00 bits per heavy atom. The van der Waals surface area contributed by atoms with Crippen molar-refractivity contribution in [1.29, 1.82) is 0 Å². The molecule has 7 heteroatoms. The van der Waals surface area contributed by atoms with Crippen molar-refractivity contribution < 1.29 is 4.79 Å². The Hall–Kier alpha value is -2.51. The highest BCUT2D eigenvalue weighted by molar-refractivity contribution is 9.10. The molecule has 0 saturated heterocycles. The molecular formula is C20H22BrN5O. The van der Waals surface area contributed by atoms with Gasteiger partial charge in [0.15, 0.2) is 0 Å². The lowest BCUT2D eigenvalue weighted by atomic mass is 10.1. The molecule has 1 heterocycles. The van der Waals surface area contributed by atoms with Gasteiger partial charge in [0.1, 0.15) is 12.7 Å². The Labute approximate surface area is 167 Å². The van der Waals surface area contributed by atoms with Gasteiger partial charge in [-0.2, -0.15) is 5.10 Å². The van der Waals surface area contributed by atoms with Crippen LogP contribution in [0.15, 0.2) is 59.6 Å². The van der Waals surface area contributed by atoms with E-state index in [0.717, 1.165) is 27.0 Å². The molecule has 3 rings (SSSR count). The van der Waals surface area contributed by atoms with Crippen LogP contribution in [0.3, 0.4) is 0 Å². The first-order chi connectivity index (χ1) is 12.9. The van der Waals surface area contributed by atoms with Crippen molar-refractivity contribution in [3.8, 4) is 5.69 Å². The van der Waals surface area contributed by atoms with Crippen LogP contribution < -0.4 is 5.32 Å². The first-order valence-electron chi connectivity index (χ1n) is 8.65. The number of halogens is 1. The summed E-state index contributed by atoms with van der Waals surface area (Å²) in [5.74, 6) is -0.0423. The van der Waals surface area contributed by atoms with Gasteiger partial charge < -0.3 is 5.32 Å². The molecular weight excluding hydrogens is 406 g/mol. The highest BCUT2D eigenvalue weighted by atomic mass is 79.9. The third-order valence-electron chi connectivity index (χ3n) is 4.57. The van der Waals surface area contributed by atoms with E-state index in [4.69, 9.17) is 0 Å². The van der Waals surface area contributed by atoms with E-state index in [1.807, 2.05) is 61.3 Å². The van der Waals surface area contributed by atoms with Crippen LogP contribution in [0.25, 0.3) is 5.69 Å². The summed E-state index contributed by atoms with van der Waals surface area (Å²) in [4.78, 5) is 18.4. The molecule has 0 bridgehead atoms. The Morgan fingerprint density at radius 1 is 1.26 bits per heavy atom. The lowest BCUT2D eigenvalue weighted by Crippen LogP contribution is -2.32. The number of carbonyl (C=O) groups is 1. The lowest BCUT2D eigenvalue weighted by Gasteiger charge is -2.24. The zero-order valence-electron chi connectivity index (χ0n) is 15.6. The number of aryl methyl sites for hydroxylation is 1. The first kappa shape index (κ1) is 19.3. The Balaban J connectivity index is 1.60. The molecule has 3 aromatic rings. The van der Waals surface area contributed by atoms with E-state index in [-0.39, 0.29) is 11.9 Å². The fourth-order valence-corrected chi connectivity index (χ4v) is 3.11. The molecule has 0 aliphatic heterocycles. The summed E-state index contributed by atoms with van der Waals surface area (Å²) in [6.07, 6.45) is 3.17. The first-order valence-corrected chi connectivity index (χ1v) is 9.44. The minimum absolute atomic E-state index is 0.0423. The summed E-state index contributed by atoms with van der Waals surface area (Å²) in [7, 11) is 1.95. The monoisotopic (exact) mass is 427 g/mol. The molecule has 1 aromatic heterocycles. The second-order valence-corrected chi connectivity index (χ2v) is 7.39. The van der Waals surface area contributed by atoms with Gasteiger partial charge in [-0.1, -0.05) is 34.1 Å². The van der Waals surface area contributed by atoms with Crippen molar-refractivity contribution in [2.45, 2.75) is 19.9 Å². The van der Waals surface area contributed by atoms with Crippen LogP contribution in [-0.4, -0.2) is 39.2 Å². The van der Waals surface area contributed by atoms with Crippen LogP contribution in [0, 0.1) is 6.92 Å². The Kier molecular flexibility index (Phi) is 6.03. The maximum Gasteiger partial charge on any atom is 0.238 e. The van der Waals surface area contributed by atoms with Gasteiger partial charge in [0, 0.05) is 16.2 Å². The maximum absolute atomic E-state index is 12.4. The van der Waals surface area contributed by atoms with E-state index in [2.05, 4.69) is 38.3 Å². The zero-order chi connectivity index (χ0) is 19.4. The van der Waals surface area contributed by atoms with Crippen molar-refractivity contribution in [3.05, 3.63) is 70.7 Å². The van der Waals surface area contributed by atoms with Crippen LogP contribution in [0.1, 0.15) is 24.1 Å². The molecule has 1 atom stereocenters. The van der Waals surface area contributed by atoms with E-state index in [0.29, 0.717) is 6.54 Å². The van der Waals surface area contributed by atoms with Crippen LogP contribution in [0.2, 0.25) is 0 Å². The standard InChI is InChI=1S/C20H22BrN5O/c1-14-4-7-17(10-19(14)21)24-20(27)11-25(3)15(2)16-5-8-18(9-6-16)26-13-22-12-23-26/h4-10,12-13,15H,11H2,1-3H3,(H,24,27)/t15-/m0/s1. The van der Waals surface area contributed by atoms with E-state index < -0.39 is 0 Å². The lowest BCUT2D eigenvalue weighted by molar-refractivity contribution is -0.117. The van der Waals surface area contributed by atoms with E-state index in [1.54, 1.807) is 11.0 Å². The number of benzene rings is 2. The van der Waals surface area contributed by atoms with Crippen molar-refractivity contribution >= 4 is 27.5 Å². The number of carbonyl (C=O) groups excluding carboxylic acids is 1. The summed E-state index contributed by atoms with van der Waals surface area (Å²) < 4.78 is 2.69. The van der Waals surface area contributed by atoms with E-state index in [9.17, 15) is 4.79 Å². The highest BCUT2D eigenvalue weighted by Crippen LogP contribution is 2.22. The van der Waals surface area contributed by atoms with Gasteiger partial charge in [-0.25, -0.2) is 9.67 Å². The number of likely N-dealkylation sites (N-methyl/N-ethyl adjacent to an activating group) is 1. The molecule has 0 radical (unpaired) electrons. The SMILES string of the molecule is Cc1ccc(NC(=O)CN(C)[C@@H](C)c2ccc(-n3cncn3)cc2)cc1Br. The van der Waals surface area contributed by atoms with Gasteiger partial charge in [0.25, 0.3) is 0 Å². The average molecular weight is 428 g/mol. The van der Waals surface area contributed by atoms with Gasteiger partial charge in [0.05, 0.1) is 12.2 Å². The van der Waals surface area contributed by atoms with E-state index >= 15 is 0 Å².